The van der Waals surface area contributed by atoms with Gasteiger partial charge in [-0.1, -0.05) is 0 Å². The number of methoxy groups -OCH3 is 2. The van der Waals surface area contributed by atoms with Gasteiger partial charge >= 0.3 is 158 Å². The summed E-state index contributed by atoms with van der Waals surface area (Å²) in [5.74, 6) is 2.66. The summed E-state index contributed by atoms with van der Waals surface area (Å²) in [5, 5.41) is 0. The zero-order valence-corrected chi connectivity index (χ0v) is 16.9. The summed E-state index contributed by atoms with van der Waals surface area (Å²) >= 11 is -1.70. The van der Waals surface area contributed by atoms with Crippen molar-refractivity contribution in [3.63, 3.8) is 0 Å². The van der Waals surface area contributed by atoms with E-state index in [2.05, 4.69) is 9.98 Å². The molecule has 0 unspecified atom stereocenters. The first kappa shape index (κ1) is 17.6. The number of fused-ring (bicyclic) bond motifs is 2. The summed E-state index contributed by atoms with van der Waals surface area (Å²) < 4.78 is 22.8. The Labute approximate surface area is 157 Å². The predicted octanol–water partition coefficient (Wildman–Crippen LogP) is 2.55. The Morgan fingerprint density at radius 3 is 1.72 bits per heavy atom. The van der Waals surface area contributed by atoms with Crippen LogP contribution in [0.25, 0.3) is 0 Å². The van der Waals surface area contributed by atoms with Crippen molar-refractivity contribution >= 4 is 34.4 Å². The van der Waals surface area contributed by atoms with Crippen molar-refractivity contribution in [1.82, 2.24) is 0 Å². The zero-order chi connectivity index (χ0) is 17.5. The molecule has 0 bridgehead atoms. The standard InChI is InChI=1S/C18H20N2O4.Sn/c1-23-15-7-3-5-13(17(15)21)11-19-9-10-20-12-14-6-4-8-16(24-2)18(14)22;/h3-8,11-12,21-22H,9-10H2,1-2H3;/q;+2/p-2. The second kappa shape index (κ2) is 8.75. The molecule has 0 saturated carbocycles. The van der Waals surface area contributed by atoms with E-state index in [4.69, 9.17) is 15.6 Å². The Morgan fingerprint density at radius 2 is 1.28 bits per heavy atom. The van der Waals surface area contributed by atoms with Crippen molar-refractivity contribution in [1.29, 1.82) is 0 Å². The molecule has 25 heavy (non-hydrogen) atoms. The molecule has 0 N–H and O–H groups in total. The maximum atomic E-state index is 6.01. The number of nitrogens with zero attached hydrogens (tertiary/aromatic N) is 2. The Balaban J connectivity index is 1.96. The molecular formula is C18H18N2O4Sn. The van der Waals surface area contributed by atoms with E-state index in [9.17, 15) is 0 Å². The van der Waals surface area contributed by atoms with E-state index in [1.165, 1.54) is 0 Å². The SMILES string of the molecule is COc1cccc2c1[O][Sn][O]c1c(cccc1OC)C=NCCN=C2. The van der Waals surface area contributed by atoms with Gasteiger partial charge in [0.25, 0.3) is 0 Å². The monoisotopic (exact) mass is 446 g/mol. The molecule has 0 saturated heterocycles. The van der Waals surface area contributed by atoms with E-state index < -0.39 is 22.0 Å². The molecule has 0 amide bonds. The molecule has 0 aliphatic carbocycles. The van der Waals surface area contributed by atoms with Gasteiger partial charge in [0.05, 0.1) is 0 Å². The van der Waals surface area contributed by atoms with Crippen LogP contribution in [-0.4, -0.2) is 61.7 Å². The third-order valence-electron chi connectivity index (χ3n) is 3.56. The molecule has 6 nitrogen and oxygen atoms in total. The first-order chi connectivity index (χ1) is 12.3. The Kier molecular flexibility index (Phi) is 6.16. The van der Waals surface area contributed by atoms with Gasteiger partial charge in [0.2, 0.25) is 0 Å². The van der Waals surface area contributed by atoms with Crippen LogP contribution in [0.15, 0.2) is 46.4 Å². The number of rotatable bonds is 2. The molecule has 128 valence electrons. The van der Waals surface area contributed by atoms with Crippen molar-refractivity contribution < 1.29 is 15.6 Å². The van der Waals surface area contributed by atoms with Gasteiger partial charge in [-0.25, -0.2) is 0 Å². The third kappa shape index (κ3) is 4.25. The fourth-order valence-corrected chi connectivity index (χ4v) is 4.20. The summed E-state index contributed by atoms with van der Waals surface area (Å²) in [4.78, 5) is 8.84. The molecule has 0 fully saturated rings. The van der Waals surface area contributed by atoms with Gasteiger partial charge in [0.1, 0.15) is 0 Å². The molecule has 2 aromatic rings. The quantitative estimate of drug-likeness (QED) is 0.668. The fourth-order valence-electron chi connectivity index (χ4n) is 2.35. The van der Waals surface area contributed by atoms with Crippen LogP contribution >= 0.6 is 0 Å². The van der Waals surface area contributed by atoms with Gasteiger partial charge in [-0.2, -0.15) is 0 Å². The topological polar surface area (TPSA) is 61.6 Å². The van der Waals surface area contributed by atoms with E-state index in [1.54, 1.807) is 26.6 Å². The van der Waals surface area contributed by atoms with E-state index in [1.807, 2.05) is 36.4 Å². The maximum absolute atomic E-state index is 6.01. The fraction of sp³-hybridized carbons (Fsp3) is 0.222. The van der Waals surface area contributed by atoms with E-state index in [-0.39, 0.29) is 0 Å². The Hall–Kier alpha value is -2.22. The van der Waals surface area contributed by atoms with E-state index in [0.29, 0.717) is 36.1 Å². The van der Waals surface area contributed by atoms with Crippen LogP contribution in [0.4, 0.5) is 0 Å². The summed E-state index contributed by atoms with van der Waals surface area (Å²) in [5.41, 5.74) is 1.74. The van der Waals surface area contributed by atoms with Crippen LogP contribution in [0.5, 0.6) is 23.0 Å². The molecule has 2 aromatic carbocycles. The van der Waals surface area contributed by atoms with Gasteiger partial charge in [-0.3, -0.25) is 0 Å². The summed E-state index contributed by atoms with van der Waals surface area (Å²) in [6, 6.07) is 11.4. The van der Waals surface area contributed by atoms with Gasteiger partial charge in [-0.05, 0) is 0 Å². The van der Waals surface area contributed by atoms with E-state index in [0.717, 1.165) is 11.1 Å². The number of ether oxygens (including phenoxy) is 2. The van der Waals surface area contributed by atoms with Crippen LogP contribution in [-0.2, 0) is 0 Å². The number of aliphatic imine (C=N–C) groups is 2. The Morgan fingerprint density at radius 1 is 0.800 bits per heavy atom. The number of para-hydroxylation sites is 2. The summed E-state index contributed by atoms with van der Waals surface area (Å²) in [6.45, 7) is 1.18. The second-order valence-corrected chi connectivity index (χ2v) is 6.76. The van der Waals surface area contributed by atoms with E-state index >= 15 is 0 Å². The van der Waals surface area contributed by atoms with Crippen LogP contribution in [0.2, 0.25) is 0 Å². The number of hydrogen-bond donors (Lipinski definition) is 0. The average Bonchev–Trinajstić information content (AvgIpc) is 2.67. The second-order valence-electron chi connectivity index (χ2n) is 5.12. The van der Waals surface area contributed by atoms with Crippen molar-refractivity contribution in [3.8, 4) is 23.0 Å². The molecular weight excluding hydrogens is 427 g/mol. The van der Waals surface area contributed by atoms with Crippen molar-refractivity contribution in [2.45, 2.75) is 0 Å². The molecule has 3 rings (SSSR count). The van der Waals surface area contributed by atoms with Gasteiger partial charge in [0.15, 0.2) is 0 Å². The van der Waals surface area contributed by atoms with Crippen LogP contribution in [0, 0.1) is 0 Å². The molecule has 2 radical (unpaired) electrons. The zero-order valence-electron chi connectivity index (χ0n) is 14.1. The van der Waals surface area contributed by atoms with Crippen molar-refractivity contribution in [2.75, 3.05) is 27.3 Å². The van der Waals surface area contributed by atoms with Crippen LogP contribution < -0.4 is 15.6 Å². The minimum absolute atomic E-state index is 0.591. The van der Waals surface area contributed by atoms with Gasteiger partial charge < -0.3 is 0 Å². The van der Waals surface area contributed by atoms with Crippen LogP contribution in [0.3, 0.4) is 0 Å². The van der Waals surface area contributed by atoms with Crippen molar-refractivity contribution in [3.05, 3.63) is 47.5 Å². The average molecular weight is 445 g/mol. The van der Waals surface area contributed by atoms with Gasteiger partial charge in [0, 0.05) is 0 Å². The van der Waals surface area contributed by atoms with Crippen LogP contribution in [0.1, 0.15) is 11.1 Å². The summed E-state index contributed by atoms with van der Waals surface area (Å²) in [6.07, 6.45) is 3.58. The molecule has 1 heterocycles. The minimum atomic E-state index is -1.70. The predicted molar refractivity (Wildman–Crippen MR) is 97.9 cm³/mol. The first-order valence-corrected chi connectivity index (χ1v) is 10.1. The summed E-state index contributed by atoms with van der Waals surface area (Å²) in [7, 11) is 3.24. The third-order valence-corrected chi connectivity index (χ3v) is 5.21. The molecule has 0 spiro atoms. The number of benzene rings is 2. The molecule has 1 aliphatic rings. The Bertz CT molecular complexity index is 727. The van der Waals surface area contributed by atoms with Gasteiger partial charge in [-0.15, -0.1) is 0 Å². The van der Waals surface area contributed by atoms with Crippen molar-refractivity contribution in [2.24, 2.45) is 9.98 Å². The first-order valence-electron chi connectivity index (χ1n) is 7.76. The molecule has 7 heteroatoms. The molecule has 1 aliphatic heterocycles. The molecule has 0 aromatic heterocycles. The number of hydrogen-bond acceptors (Lipinski definition) is 6. The molecule has 0 atom stereocenters. The normalized spacial score (nSPS) is 13.8.